The highest BCUT2D eigenvalue weighted by molar-refractivity contribution is 5.30. The van der Waals surface area contributed by atoms with Gasteiger partial charge < -0.3 is 4.74 Å². The van der Waals surface area contributed by atoms with Crippen LogP contribution < -0.4 is 0 Å². The lowest BCUT2D eigenvalue weighted by Crippen LogP contribution is -2.01. The predicted octanol–water partition coefficient (Wildman–Crippen LogP) is 2.66. The molecular weight excluding hydrogens is 160 g/mol. The summed E-state index contributed by atoms with van der Waals surface area (Å²) < 4.78 is 5.36. The van der Waals surface area contributed by atoms with E-state index in [0.29, 0.717) is 0 Å². The van der Waals surface area contributed by atoms with Crippen LogP contribution in [0.3, 0.4) is 0 Å². The molecule has 13 heavy (non-hydrogen) atoms. The van der Waals surface area contributed by atoms with E-state index in [1.807, 2.05) is 6.08 Å². The van der Waals surface area contributed by atoms with Crippen LogP contribution in [-0.2, 0) is 16.8 Å². The zero-order chi connectivity index (χ0) is 9.31. The summed E-state index contributed by atoms with van der Waals surface area (Å²) in [5, 5.41) is 0. The van der Waals surface area contributed by atoms with Crippen LogP contribution in [0.5, 0.6) is 0 Å². The number of epoxide rings is 1. The third kappa shape index (κ3) is 1.65. The Bertz CT molecular complexity index is 306. The van der Waals surface area contributed by atoms with Crippen LogP contribution in [-0.4, -0.2) is 6.61 Å². The molecule has 1 atom stereocenters. The Hall–Kier alpha value is -1.08. The SMILES string of the molecule is C=CCc1ccc(C2(C)CO2)cc1. The van der Waals surface area contributed by atoms with Crippen molar-refractivity contribution in [3.05, 3.63) is 48.0 Å². The fourth-order valence-corrected chi connectivity index (χ4v) is 1.43. The summed E-state index contributed by atoms with van der Waals surface area (Å²) in [7, 11) is 0. The van der Waals surface area contributed by atoms with Crippen LogP contribution in [0.4, 0.5) is 0 Å². The summed E-state index contributed by atoms with van der Waals surface area (Å²) in [6.07, 6.45) is 2.86. The van der Waals surface area contributed by atoms with E-state index in [1.165, 1.54) is 11.1 Å². The average Bonchev–Trinajstić information content (AvgIpc) is 2.87. The van der Waals surface area contributed by atoms with Crippen molar-refractivity contribution in [2.75, 3.05) is 6.61 Å². The van der Waals surface area contributed by atoms with Gasteiger partial charge in [-0.15, -0.1) is 6.58 Å². The quantitative estimate of drug-likeness (QED) is 0.507. The first kappa shape index (κ1) is 8.52. The van der Waals surface area contributed by atoms with E-state index in [4.69, 9.17) is 4.74 Å². The van der Waals surface area contributed by atoms with Crippen molar-refractivity contribution in [1.29, 1.82) is 0 Å². The summed E-state index contributed by atoms with van der Waals surface area (Å²) in [5.74, 6) is 0. The van der Waals surface area contributed by atoms with Crippen LogP contribution in [0, 0.1) is 0 Å². The van der Waals surface area contributed by atoms with Gasteiger partial charge in [0.15, 0.2) is 0 Å². The van der Waals surface area contributed by atoms with Gasteiger partial charge in [-0.25, -0.2) is 0 Å². The van der Waals surface area contributed by atoms with Crippen molar-refractivity contribution in [3.63, 3.8) is 0 Å². The lowest BCUT2D eigenvalue weighted by Gasteiger charge is -2.05. The molecule has 0 aromatic heterocycles. The highest BCUT2D eigenvalue weighted by Crippen LogP contribution is 2.37. The second-order valence-corrected chi connectivity index (χ2v) is 3.71. The zero-order valence-electron chi connectivity index (χ0n) is 7.92. The zero-order valence-corrected chi connectivity index (χ0v) is 7.92. The summed E-state index contributed by atoms with van der Waals surface area (Å²) in [6, 6.07) is 8.57. The Morgan fingerprint density at radius 2 is 2.08 bits per heavy atom. The molecule has 1 aromatic rings. The Morgan fingerprint density at radius 3 is 2.54 bits per heavy atom. The molecule has 0 saturated carbocycles. The van der Waals surface area contributed by atoms with Crippen LogP contribution in [0.15, 0.2) is 36.9 Å². The first-order chi connectivity index (χ1) is 6.24. The molecule has 68 valence electrons. The Labute approximate surface area is 79.0 Å². The third-order valence-corrected chi connectivity index (χ3v) is 2.52. The van der Waals surface area contributed by atoms with Gasteiger partial charge in [0.25, 0.3) is 0 Å². The predicted molar refractivity (Wildman–Crippen MR) is 53.6 cm³/mol. The van der Waals surface area contributed by atoms with Crippen molar-refractivity contribution in [2.24, 2.45) is 0 Å². The van der Waals surface area contributed by atoms with Gasteiger partial charge in [0.1, 0.15) is 5.60 Å². The molecule has 0 aliphatic carbocycles. The molecule has 1 nitrogen and oxygen atoms in total. The van der Waals surface area contributed by atoms with Gasteiger partial charge >= 0.3 is 0 Å². The van der Waals surface area contributed by atoms with Crippen molar-refractivity contribution in [1.82, 2.24) is 0 Å². The van der Waals surface area contributed by atoms with Gasteiger partial charge in [0, 0.05) is 0 Å². The number of hydrogen-bond donors (Lipinski definition) is 0. The number of allylic oxidation sites excluding steroid dienone is 1. The molecule has 0 spiro atoms. The van der Waals surface area contributed by atoms with Crippen LogP contribution >= 0.6 is 0 Å². The van der Waals surface area contributed by atoms with E-state index >= 15 is 0 Å². The van der Waals surface area contributed by atoms with Crippen LogP contribution in [0.2, 0.25) is 0 Å². The highest BCUT2D eigenvalue weighted by Gasteiger charge is 2.40. The van der Waals surface area contributed by atoms with Gasteiger partial charge in [-0.2, -0.15) is 0 Å². The number of rotatable bonds is 3. The second-order valence-electron chi connectivity index (χ2n) is 3.71. The molecule has 1 heterocycles. The first-order valence-electron chi connectivity index (χ1n) is 4.59. The highest BCUT2D eigenvalue weighted by atomic mass is 16.6. The van der Waals surface area contributed by atoms with E-state index in [9.17, 15) is 0 Å². The largest absolute Gasteiger partial charge is 0.365 e. The molecule has 1 fully saturated rings. The Balaban J connectivity index is 2.18. The number of ether oxygens (including phenoxy) is 1. The van der Waals surface area contributed by atoms with Crippen molar-refractivity contribution < 1.29 is 4.74 Å². The van der Waals surface area contributed by atoms with E-state index in [0.717, 1.165) is 13.0 Å². The first-order valence-corrected chi connectivity index (χ1v) is 4.59. The Kier molecular flexibility index (Phi) is 1.97. The maximum atomic E-state index is 5.36. The average molecular weight is 174 g/mol. The molecule has 0 radical (unpaired) electrons. The van der Waals surface area contributed by atoms with Crippen molar-refractivity contribution in [2.45, 2.75) is 18.9 Å². The normalized spacial score (nSPS) is 25.6. The molecule has 2 rings (SSSR count). The smallest absolute Gasteiger partial charge is 0.114 e. The van der Waals surface area contributed by atoms with Gasteiger partial charge in [-0.3, -0.25) is 0 Å². The van der Waals surface area contributed by atoms with Crippen molar-refractivity contribution >= 4 is 0 Å². The molecular formula is C12H14O. The maximum Gasteiger partial charge on any atom is 0.114 e. The van der Waals surface area contributed by atoms with Gasteiger partial charge in [0.05, 0.1) is 6.61 Å². The number of hydrogen-bond acceptors (Lipinski definition) is 1. The summed E-state index contributed by atoms with van der Waals surface area (Å²) in [4.78, 5) is 0. The lowest BCUT2D eigenvalue weighted by atomic mass is 10.00. The Morgan fingerprint density at radius 1 is 1.46 bits per heavy atom. The molecule has 0 N–H and O–H groups in total. The fourth-order valence-electron chi connectivity index (χ4n) is 1.43. The lowest BCUT2D eigenvalue weighted by molar-refractivity contribution is 0.329. The molecule has 1 saturated heterocycles. The summed E-state index contributed by atoms with van der Waals surface area (Å²) >= 11 is 0. The maximum absolute atomic E-state index is 5.36. The van der Waals surface area contributed by atoms with Gasteiger partial charge in [-0.1, -0.05) is 30.3 Å². The summed E-state index contributed by atoms with van der Waals surface area (Å²) in [5.41, 5.74) is 2.59. The van der Waals surface area contributed by atoms with E-state index < -0.39 is 0 Å². The fraction of sp³-hybridized carbons (Fsp3) is 0.333. The third-order valence-electron chi connectivity index (χ3n) is 2.52. The van der Waals surface area contributed by atoms with E-state index in [-0.39, 0.29) is 5.60 Å². The standard InChI is InChI=1S/C12H14O/c1-3-4-10-5-7-11(8-6-10)12(2)9-13-12/h3,5-8H,1,4,9H2,2H3. The molecule has 1 aromatic carbocycles. The second kappa shape index (κ2) is 3.00. The monoisotopic (exact) mass is 174 g/mol. The van der Waals surface area contributed by atoms with Gasteiger partial charge in [-0.05, 0) is 24.5 Å². The van der Waals surface area contributed by atoms with Crippen molar-refractivity contribution in [3.8, 4) is 0 Å². The minimum atomic E-state index is 0.00666. The van der Waals surface area contributed by atoms with Gasteiger partial charge in [0.2, 0.25) is 0 Å². The minimum Gasteiger partial charge on any atom is -0.365 e. The topological polar surface area (TPSA) is 12.5 Å². The van der Waals surface area contributed by atoms with E-state index in [1.54, 1.807) is 0 Å². The minimum absolute atomic E-state index is 0.00666. The van der Waals surface area contributed by atoms with Crippen LogP contribution in [0.25, 0.3) is 0 Å². The van der Waals surface area contributed by atoms with Crippen LogP contribution in [0.1, 0.15) is 18.1 Å². The molecule has 1 aliphatic heterocycles. The molecule has 1 unspecified atom stereocenters. The summed E-state index contributed by atoms with van der Waals surface area (Å²) in [6.45, 7) is 6.69. The molecule has 1 aliphatic rings. The molecule has 1 heteroatoms. The van der Waals surface area contributed by atoms with E-state index in [2.05, 4.69) is 37.8 Å². The molecule has 0 bridgehead atoms. The molecule has 0 amide bonds. The number of benzene rings is 1.